The van der Waals surface area contributed by atoms with Crippen molar-refractivity contribution in [2.75, 3.05) is 6.61 Å². The minimum Gasteiger partial charge on any atom is -0.389 e. The quantitative estimate of drug-likeness (QED) is 0.889. The van der Waals surface area contributed by atoms with Crippen molar-refractivity contribution in [1.29, 1.82) is 0 Å². The van der Waals surface area contributed by atoms with Crippen molar-refractivity contribution in [2.45, 2.75) is 57.7 Å². The standard InChI is InChI=1S/C16H24O2/c1-4-15(3)12-16(17,8-9-18-15)11-14-7-5-6-13(2)10-14/h5-7,10,17H,4,8-9,11-12H2,1-3H3. The molecule has 1 aliphatic heterocycles. The smallest absolute Gasteiger partial charge is 0.0737 e. The van der Waals surface area contributed by atoms with Crippen molar-refractivity contribution in [3.63, 3.8) is 0 Å². The van der Waals surface area contributed by atoms with Gasteiger partial charge in [-0.25, -0.2) is 0 Å². The first kappa shape index (κ1) is 13.6. The van der Waals surface area contributed by atoms with E-state index in [1.54, 1.807) is 0 Å². The van der Waals surface area contributed by atoms with Crippen LogP contribution in [-0.4, -0.2) is 22.9 Å². The van der Waals surface area contributed by atoms with Crippen molar-refractivity contribution in [2.24, 2.45) is 0 Å². The highest BCUT2D eigenvalue weighted by molar-refractivity contribution is 5.24. The molecule has 2 nitrogen and oxygen atoms in total. The van der Waals surface area contributed by atoms with Crippen molar-refractivity contribution >= 4 is 0 Å². The molecular formula is C16H24O2. The fourth-order valence-corrected chi connectivity index (χ4v) is 2.90. The van der Waals surface area contributed by atoms with Gasteiger partial charge in [-0.2, -0.15) is 0 Å². The Kier molecular flexibility index (Phi) is 3.79. The largest absolute Gasteiger partial charge is 0.389 e. The minimum absolute atomic E-state index is 0.170. The summed E-state index contributed by atoms with van der Waals surface area (Å²) in [5.74, 6) is 0. The Morgan fingerprint density at radius 1 is 1.39 bits per heavy atom. The monoisotopic (exact) mass is 248 g/mol. The molecule has 1 heterocycles. The van der Waals surface area contributed by atoms with Gasteiger partial charge in [0.05, 0.1) is 17.8 Å². The molecule has 1 aromatic carbocycles. The van der Waals surface area contributed by atoms with Gasteiger partial charge in [-0.05, 0) is 32.3 Å². The number of aliphatic hydroxyl groups is 1. The number of rotatable bonds is 3. The zero-order chi connectivity index (χ0) is 13.2. The van der Waals surface area contributed by atoms with Gasteiger partial charge in [0.25, 0.3) is 0 Å². The Morgan fingerprint density at radius 3 is 2.83 bits per heavy atom. The van der Waals surface area contributed by atoms with Crippen molar-refractivity contribution < 1.29 is 9.84 Å². The predicted molar refractivity (Wildman–Crippen MR) is 73.7 cm³/mol. The molecule has 100 valence electrons. The van der Waals surface area contributed by atoms with Crippen LogP contribution in [-0.2, 0) is 11.2 Å². The molecule has 1 aromatic rings. The summed E-state index contributed by atoms with van der Waals surface area (Å²) >= 11 is 0. The third kappa shape index (κ3) is 3.12. The lowest BCUT2D eigenvalue weighted by molar-refractivity contribution is -0.152. The molecule has 1 fully saturated rings. The van der Waals surface area contributed by atoms with E-state index in [1.807, 2.05) is 0 Å². The lowest BCUT2D eigenvalue weighted by atomic mass is 9.78. The van der Waals surface area contributed by atoms with Crippen LogP contribution in [0.5, 0.6) is 0 Å². The number of benzene rings is 1. The van der Waals surface area contributed by atoms with Crippen LogP contribution >= 0.6 is 0 Å². The number of aryl methyl sites for hydroxylation is 1. The van der Waals surface area contributed by atoms with E-state index in [1.165, 1.54) is 11.1 Å². The average molecular weight is 248 g/mol. The van der Waals surface area contributed by atoms with Gasteiger partial charge in [0.15, 0.2) is 0 Å². The highest BCUT2D eigenvalue weighted by atomic mass is 16.5. The van der Waals surface area contributed by atoms with Crippen LogP contribution < -0.4 is 0 Å². The lowest BCUT2D eigenvalue weighted by Gasteiger charge is -2.43. The Hall–Kier alpha value is -0.860. The average Bonchev–Trinajstić information content (AvgIpc) is 2.28. The molecule has 2 atom stereocenters. The van der Waals surface area contributed by atoms with Gasteiger partial charge in [-0.3, -0.25) is 0 Å². The first-order chi connectivity index (χ1) is 8.45. The van der Waals surface area contributed by atoms with Crippen LogP contribution in [0.25, 0.3) is 0 Å². The van der Waals surface area contributed by atoms with E-state index in [2.05, 4.69) is 45.0 Å². The zero-order valence-corrected chi connectivity index (χ0v) is 11.7. The van der Waals surface area contributed by atoms with Gasteiger partial charge in [0.1, 0.15) is 0 Å². The van der Waals surface area contributed by atoms with Crippen molar-refractivity contribution in [1.82, 2.24) is 0 Å². The summed E-state index contributed by atoms with van der Waals surface area (Å²) in [6.07, 6.45) is 3.14. The highest BCUT2D eigenvalue weighted by Gasteiger charge is 2.40. The fraction of sp³-hybridized carbons (Fsp3) is 0.625. The summed E-state index contributed by atoms with van der Waals surface area (Å²) in [6.45, 7) is 6.98. The normalized spacial score (nSPS) is 32.4. The fourth-order valence-electron chi connectivity index (χ4n) is 2.90. The maximum Gasteiger partial charge on any atom is 0.0737 e. The molecule has 0 spiro atoms. The van der Waals surface area contributed by atoms with E-state index >= 15 is 0 Å². The van der Waals surface area contributed by atoms with Gasteiger partial charge in [-0.1, -0.05) is 36.8 Å². The van der Waals surface area contributed by atoms with Crippen molar-refractivity contribution in [3.05, 3.63) is 35.4 Å². The third-order valence-electron chi connectivity index (χ3n) is 4.08. The molecule has 0 amide bonds. The predicted octanol–water partition coefficient (Wildman–Crippen LogP) is 3.25. The number of ether oxygens (including phenoxy) is 1. The van der Waals surface area contributed by atoms with Gasteiger partial charge < -0.3 is 9.84 Å². The molecule has 1 N–H and O–H groups in total. The first-order valence-electron chi connectivity index (χ1n) is 6.87. The summed E-state index contributed by atoms with van der Waals surface area (Å²) in [4.78, 5) is 0. The molecule has 0 bridgehead atoms. The summed E-state index contributed by atoms with van der Waals surface area (Å²) in [5.41, 5.74) is 1.69. The highest BCUT2D eigenvalue weighted by Crippen LogP contribution is 2.36. The van der Waals surface area contributed by atoms with E-state index in [9.17, 15) is 5.11 Å². The Bertz CT molecular complexity index is 415. The molecule has 0 aliphatic carbocycles. The van der Waals surface area contributed by atoms with Gasteiger partial charge in [-0.15, -0.1) is 0 Å². The summed E-state index contributed by atoms with van der Waals surface area (Å²) < 4.78 is 5.81. The van der Waals surface area contributed by atoms with Crippen LogP contribution in [0.15, 0.2) is 24.3 Å². The molecule has 1 aliphatic rings. The summed E-state index contributed by atoms with van der Waals surface area (Å²) in [7, 11) is 0. The van der Waals surface area contributed by atoms with E-state index in [-0.39, 0.29) is 5.60 Å². The lowest BCUT2D eigenvalue weighted by Crippen LogP contribution is -2.48. The Morgan fingerprint density at radius 2 is 2.17 bits per heavy atom. The molecule has 2 unspecified atom stereocenters. The molecule has 0 aromatic heterocycles. The van der Waals surface area contributed by atoms with Crippen molar-refractivity contribution in [3.8, 4) is 0 Å². The second-order valence-corrected chi connectivity index (χ2v) is 5.97. The molecule has 0 radical (unpaired) electrons. The Balaban J connectivity index is 2.12. The van der Waals surface area contributed by atoms with E-state index in [0.29, 0.717) is 6.61 Å². The van der Waals surface area contributed by atoms with Gasteiger partial charge >= 0.3 is 0 Å². The van der Waals surface area contributed by atoms with Gasteiger partial charge in [0, 0.05) is 12.8 Å². The molecule has 18 heavy (non-hydrogen) atoms. The van der Waals surface area contributed by atoms with E-state index < -0.39 is 5.60 Å². The van der Waals surface area contributed by atoms with E-state index in [4.69, 9.17) is 4.74 Å². The third-order valence-corrected chi connectivity index (χ3v) is 4.08. The molecule has 2 heteroatoms. The number of hydrogen-bond acceptors (Lipinski definition) is 2. The topological polar surface area (TPSA) is 29.5 Å². The Labute approximate surface area is 110 Å². The van der Waals surface area contributed by atoms with Gasteiger partial charge in [0.2, 0.25) is 0 Å². The minimum atomic E-state index is -0.614. The second-order valence-electron chi connectivity index (χ2n) is 5.97. The molecule has 2 rings (SSSR count). The molecular weight excluding hydrogens is 224 g/mol. The summed E-state index contributed by atoms with van der Waals surface area (Å²) in [6, 6.07) is 8.42. The zero-order valence-electron chi connectivity index (χ0n) is 11.7. The van der Waals surface area contributed by atoms with Crippen LogP contribution in [0.2, 0.25) is 0 Å². The van der Waals surface area contributed by atoms with Crippen LogP contribution in [0.1, 0.15) is 44.2 Å². The SMILES string of the molecule is CCC1(C)CC(O)(Cc2cccc(C)c2)CCO1. The van der Waals surface area contributed by atoms with E-state index in [0.717, 1.165) is 25.7 Å². The van der Waals surface area contributed by atoms with Crippen LogP contribution in [0, 0.1) is 6.92 Å². The van der Waals surface area contributed by atoms with Crippen LogP contribution in [0.4, 0.5) is 0 Å². The molecule has 0 saturated carbocycles. The van der Waals surface area contributed by atoms with Crippen LogP contribution in [0.3, 0.4) is 0 Å². The summed E-state index contributed by atoms with van der Waals surface area (Å²) in [5, 5.41) is 10.8. The molecule has 1 saturated heterocycles. The maximum absolute atomic E-state index is 10.8. The first-order valence-corrected chi connectivity index (χ1v) is 6.87. The second kappa shape index (κ2) is 5.02. The number of hydrogen-bond donors (Lipinski definition) is 1. The maximum atomic E-state index is 10.8.